The van der Waals surface area contributed by atoms with E-state index in [1.54, 1.807) is 0 Å². The molecule has 3 heteroatoms. The van der Waals surface area contributed by atoms with Crippen molar-refractivity contribution in [2.45, 2.75) is 53.4 Å². The first-order valence-corrected chi connectivity index (χ1v) is 9.00. The number of rotatable bonds is 7. The molecule has 128 valence electrons. The minimum absolute atomic E-state index is 0.256. The third kappa shape index (κ3) is 5.07. The summed E-state index contributed by atoms with van der Waals surface area (Å²) in [6.45, 7) is 12.3. The van der Waals surface area contributed by atoms with Gasteiger partial charge in [-0.05, 0) is 75.4 Å². The number of piperidine rings is 1. The predicted octanol–water partition coefficient (Wildman–Crippen LogP) is 4.40. The summed E-state index contributed by atoms with van der Waals surface area (Å²) in [6.07, 6.45) is 4.13. The van der Waals surface area contributed by atoms with Crippen LogP contribution < -0.4 is 4.74 Å². The first kappa shape index (κ1) is 18.0. The number of aryl methyl sites for hydroxylation is 2. The molecule has 0 atom stereocenters. The highest BCUT2D eigenvalue weighted by Gasteiger charge is 2.18. The Morgan fingerprint density at radius 1 is 1.22 bits per heavy atom. The van der Waals surface area contributed by atoms with E-state index in [-0.39, 0.29) is 5.78 Å². The van der Waals surface area contributed by atoms with Crippen LogP contribution in [0, 0.1) is 19.8 Å². The summed E-state index contributed by atoms with van der Waals surface area (Å²) in [5.74, 6) is 2.00. The zero-order chi connectivity index (χ0) is 16.8. The SMILES string of the molecule is CCCOc1cc(C)c(C(=O)CCN2CCC(C)CC2)cc1C. The summed E-state index contributed by atoms with van der Waals surface area (Å²) in [6, 6.07) is 4.02. The van der Waals surface area contributed by atoms with Crippen LogP contribution in [0.5, 0.6) is 5.75 Å². The summed E-state index contributed by atoms with van der Waals surface area (Å²) in [7, 11) is 0. The molecule has 1 aromatic carbocycles. The lowest BCUT2D eigenvalue weighted by Gasteiger charge is -2.29. The van der Waals surface area contributed by atoms with Gasteiger partial charge in [-0.1, -0.05) is 13.8 Å². The zero-order valence-electron chi connectivity index (χ0n) is 15.2. The summed E-state index contributed by atoms with van der Waals surface area (Å²) in [5.41, 5.74) is 2.94. The molecule has 1 aliphatic rings. The van der Waals surface area contributed by atoms with Gasteiger partial charge in [0.25, 0.3) is 0 Å². The molecule has 0 aromatic heterocycles. The van der Waals surface area contributed by atoms with Crippen molar-refractivity contribution in [2.24, 2.45) is 5.92 Å². The quantitative estimate of drug-likeness (QED) is 0.698. The van der Waals surface area contributed by atoms with Crippen molar-refractivity contribution in [2.75, 3.05) is 26.2 Å². The highest BCUT2D eigenvalue weighted by molar-refractivity contribution is 5.98. The predicted molar refractivity (Wildman–Crippen MR) is 95.5 cm³/mol. The molecule has 23 heavy (non-hydrogen) atoms. The summed E-state index contributed by atoms with van der Waals surface area (Å²) in [5, 5.41) is 0. The maximum Gasteiger partial charge on any atom is 0.164 e. The number of ketones is 1. The number of ether oxygens (including phenoxy) is 1. The average molecular weight is 317 g/mol. The number of carbonyl (C=O) groups excluding carboxylic acids is 1. The van der Waals surface area contributed by atoms with Gasteiger partial charge in [-0.25, -0.2) is 0 Å². The summed E-state index contributed by atoms with van der Waals surface area (Å²) >= 11 is 0. The number of benzene rings is 1. The second-order valence-electron chi connectivity index (χ2n) is 6.98. The second-order valence-corrected chi connectivity index (χ2v) is 6.98. The fourth-order valence-corrected chi connectivity index (χ4v) is 3.14. The molecule has 2 rings (SSSR count). The van der Waals surface area contributed by atoms with Gasteiger partial charge >= 0.3 is 0 Å². The molecule has 1 heterocycles. The van der Waals surface area contributed by atoms with Crippen molar-refractivity contribution in [3.8, 4) is 5.75 Å². The number of likely N-dealkylation sites (tertiary alicyclic amines) is 1. The zero-order valence-corrected chi connectivity index (χ0v) is 15.2. The Morgan fingerprint density at radius 3 is 2.57 bits per heavy atom. The van der Waals surface area contributed by atoms with E-state index < -0.39 is 0 Å². The van der Waals surface area contributed by atoms with Gasteiger partial charge in [0.15, 0.2) is 5.78 Å². The monoisotopic (exact) mass is 317 g/mol. The first-order valence-electron chi connectivity index (χ1n) is 9.00. The van der Waals surface area contributed by atoms with E-state index in [0.29, 0.717) is 6.42 Å². The Balaban J connectivity index is 1.95. The van der Waals surface area contributed by atoms with Crippen molar-refractivity contribution in [1.29, 1.82) is 0 Å². The van der Waals surface area contributed by atoms with Crippen LogP contribution in [-0.4, -0.2) is 36.9 Å². The van der Waals surface area contributed by atoms with E-state index >= 15 is 0 Å². The lowest BCUT2D eigenvalue weighted by molar-refractivity contribution is 0.0952. The second kappa shape index (κ2) is 8.49. The Bertz CT molecular complexity index is 531. The fourth-order valence-electron chi connectivity index (χ4n) is 3.14. The van der Waals surface area contributed by atoms with Crippen LogP contribution >= 0.6 is 0 Å². The molecule has 0 unspecified atom stereocenters. The molecular formula is C20H31NO2. The number of hydrogen-bond donors (Lipinski definition) is 0. The normalized spacial score (nSPS) is 16.5. The van der Waals surface area contributed by atoms with Crippen molar-refractivity contribution < 1.29 is 9.53 Å². The Hall–Kier alpha value is -1.35. The molecule has 0 aliphatic carbocycles. The van der Waals surface area contributed by atoms with Gasteiger partial charge in [-0.15, -0.1) is 0 Å². The molecule has 0 radical (unpaired) electrons. The lowest BCUT2D eigenvalue weighted by Crippen LogP contribution is -2.34. The lowest BCUT2D eigenvalue weighted by atomic mass is 9.97. The number of Topliss-reactive ketones (excluding diaryl/α,β-unsaturated/α-hetero) is 1. The molecule has 0 spiro atoms. The molecular weight excluding hydrogens is 286 g/mol. The molecule has 0 N–H and O–H groups in total. The van der Waals surface area contributed by atoms with E-state index in [0.717, 1.165) is 61.0 Å². The van der Waals surface area contributed by atoms with Crippen molar-refractivity contribution in [1.82, 2.24) is 4.90 Å². The maximum atomic E-state index is 12.6. The maximum absolute atomic E-state index is 12.6. The van der Waals surface area contributed by atoms with Crippen LogP contribution in [0.25, 0.3) is 0 Å². The van der Waals surface area contributed by atoms with Gasteiger partial charge in [-0.2, -0.15) is 0 Å². The molecule has 1 fully saturated rings. The molecule has 0 bridgehead atoms. The van der Waals surface area contributed by atoms with E-state index in [2.05, 4.69) is 18.7 Å². The minimum atomic E-state index is 0.256. The molecule has 0 saturated carbocycles. The topological polar surface area (TPSA) is 29.5 Å². The van der Waals surface area contributed by atoms with Gasteiger partial charge < -0.3 is 9.64 Å². The Kier molecular flexibility index (Phi) is 6.64. The van der Waals surface area contributed by atoms with Gasteiger partial charge in [0, 0.05) is 18.5 Å². The number of nitrogens with zero attached hydrogens (tertiary/aromatic N) is 1. The Morgan fingerprint density at radius 2 is 1.91 bits per heavy atom. The van der Waals surface area contributed by atoms with Gasteiger partial charge in [-0.3, -0.25) is 4.79 Å². The Labute approximate surface area is 141 Å². The van der Waals surface area contributed by atoms with Crippen molar-refractivity contribution in [3.05, 3.63) is 28.8 Å². The minimum Gasteiger partial charge on any atom is -0.493 e. The van der Waals surface area contributed by atoms with Crippen molar-refractivity contribution in [3.63, 3.8) is 0 Å². The molecule has 0 amide bonds. The fraction of sp³-hybridized carbons (Fsp3) is 0.650. The smallest absolute Gasteiger partial charge is 0.164 e. The molecule has 1 saturated heterocycles. The van der Waals surface area contributed by atoms with Crippen LogP contribution in [0.2, 0.25) is 0 Å². The highest BCUT2D eigenvalue weighted by atomic mass is 16.5. The van der Waals surface area contributed by atoms with E-state index in [9.17, 15) is 4.79 Å². The molecule has 1 aromatic rings. The van der Waals surface area contributed by atoms with Gasteiger partial charge in [0.1, 0.15) is 5.75 Å². The van der Waals surface area contributed by atoms with Gasteiger partial charge in [0.2, 0.25) is 0 Å². The largest absolute Gasteiger partial charge is 0.493 e. The molecule has 3 nitrogen and oxygen atoms in total. The van der Waals surface area contributed by atoms with E-state index in [1.807, 2.05) is 26.0 Å². The number of hydrogen-bond acceptors (Lipinski definition) is 3. The van der Waals surface area contributed by atoms with Crippen LogP contribution in [0.15, 0.2) is 12.1 Å². The number of carbonyl (C=O) groups is 1. The van der Waals surface area contributed by atoms with E-state index in [1.165, 1.54) is 12.8 Å². The molecule has 1 aliphatic heterocycles. The van der Waals surface area contributed by atoms with Crippen LogP contribution in [0.1, 0.15) is 61.0 Å². The highest BCUT2D eigenvalue weighted by Crippen LogP contribution is 2.24. The van der Waals surface area contributed by atoms with Crippen LogP contribution in [0.4, 0.5) is 0 Å². The van der Waals surface area contributed by atoms with Crippen molar-refractivity contribution >= 4 is 5.78 Å². The van der Waals surface area contributed by atoms with Crippen LogP contribution in [0.3, 0.4) is 0 Å². The first-order chi connectivity index (χ1) is 11.0. The van der Waals surface area contributed by atoms with Crippen LogP contribution in [-0.2, 0) is 0 Å². The summed E-state index contributed by atoms with van der Waals surface area (Å²) < 4.78 is 5.75. The van der Waals surface area contributed by atoms with E-state index in [4.69, 9.17) is 4.74 Å². The third-order valence-corrected chi connectivity index (χ3v) is 4.82. The average Bonchev–Trinajstić information content (AvgIpc) is 2.54. The summed E-state index contributed by atoms with van der Waals surface area (Å²) in [4.78, 5) is 15.0. The van der Waals surface area contributed by atoms with Gasteiger partial charge in [0.05, 0.1) is 6.61 Å². The third-order valence-electron chi connectivity index (χ3n) is 4.82. The standard InChI is InChI=1S/C20H31NO2/c1-5-12-23-20-14-16(3)18(13-17(20)4)19(22)8-11-21-9-6-15(2)7-10-21/h13-15H,5-12H2,1-4H3.